The van der Waals surface area contributed by atoms with Crippen molar-refractivity contribution in [1.82, 2.24) is 10.2 Å². The molecule has 2 N–H and O–H groups in total. The van der Waals surface area contributed by atoms with E-state index in [0.29, 0.717) is 19.5 Å². The molecular weight excluding hydrogens is 316 g/mol. The third-order valence-electron chi connectivity index (χ3n) is 3.79. The van der Waals surface area contributed by atoms with Crippen LogP contribution in [0.25, 0.3) is 0 Å². The smallest absolute Gasteiger partial charge is 0.408 e. The van der Waals surface area contributed by atoms with Crippen molar-refractivity contribution in [2.75, 3.05) is 19.6 Å². The van der Waals surface area contributed by atoms with Crippen LogP contribution >= 0.6 is 11.3 Å². The van der Waals surface area contributed by atoms with Gasteiger partial charge in [-0.05, 0) is 56.0 Å². The number of hydrogen-bond donors (Lipinski definition) is 2. The molecule has 6 nitrogen and oxygen atoms in total. The fourth-order valence-corrected chi connectivity index (χ4v) is 3.33. The summed E-state index contributed by atoms with van der Waals surface area (Å²) in [5.41, 5.74) is -0.666. The molecule has 2 rings (SSSR count). The largest absolute Gasteiger partial charge is 0.479 e. The van der Waals surface area contributed by atoms with Gasteiger partial charge in [0.25, 0.3) is 0 Å². The summed E-state index contributed by atoms with van der Waals surface area (Å²) in [6.45, 7) is 6.98. The number of rotatable bonds is 5. The number of thiophene rings is 1. The molecule has 0 aliphatic carbocycles. The van der Waals surface area contributed by atoms with Gasteiger partial charge in [-0.3, -0.25) is 4.90 Å². The maximum absolute atomic E-state index is 12.0. The molecule has 1 amide bonds. The van der Waals surface area contributed by atoms with Crippen LogP contribution in [0.2, 0.25) is 0 Å². The third-order valence-corrected chi connectivity index (χ3v) is 4.53. The van der Waals surface area contributed by atoms with Crippen LogP contribution < -0.4 is 5.32 Å². The Morgan fingerprint density at radius 3 is 2.78 bits per heavy atom. The second-order valence-corrected chi connectivity index (χ2v) is 7.70. The molecule has 0 aromatic carbocycles. The number of ether oxygens (including phenoxy) is 1. The summed E-state index contributed by atoms with van der Waals surface area (Å²) in [5, 5.41) is 16.3. The predicted octanol–water partition coefficient (Wildman–Crippen LogP) is 2.34. The number of carbonyl (C=O) groups is 2. The first kappa shape index (κ1) is 17.7. The summed E-state index contributed by atoms with van der Waals surface area (Å²) in [5.74, 6) is -1.01. The molecule has 0 bridgehead atoms. The Bertz CT molecular complexity index is 553. The molecule has 128 valence electrons. The van der Waals surface area contributed by atoms with E-state index in [9.17, 15) is 14.7 Å². The highest BCUT2D eigenvalue weighted by atomic mass is 32.1. The van der Waals surface area contributed by atoms with Crippen molar-refractivity contribution in [2.24, 2.45) is 0 Å². The van der Waals surface area contributed by atoms with E-state index in [1.54, 1.807) is 32.1 Å². The highest BCUT2D eigenvalue weighted by Gasteiger charge is 2.46. The summed E-state index contributed by atoms with van der Waals surface area (Å²) < 4.78 is 5.20. The van der Waals surface area contributed by atoms with Gasteiger partial charge in [-0.1, -0.05) is 0 Å². The van der Waals surface area contributed by atoms with E-state index in [2.05, 4.69) is 21.7 Å². The average molecular weight is 340 g/mol. The normalized spacial score (nSPS) is 22.0. The SMILES string of the molecule is CC(C)(C)OC(=O)NC1(C(=O)O)CCN(CCc2ccsc2)C1. The van der Waals surface area contributed by atoms with Gasteiger partial charge in [0.05, 0.1) is 0 Å². The molecule has 1 atom stereocenters. The van der Waals surface area contributed by atoms with Crippen molar-refractivity contribution in [3.63, 3.8) is 0 Å². The maximum atomic E-state index is 12.0. The Labute approximate surface area is 140 Å². The van der Waals surface area contributed by atoms with E-state index in [1.165, 1.54) is 5.56 Å². The van der Waals surface area contributed by atoms with E-state index in [4.69, 9.17) is 4.74 Å². The molecule has 0 spiro atoms. The lowest BCUT2D eigenvalue weighted by Gasteiger charge is -2.28. The predicted molar refractivity (Wildman–Crippen MR) is 88.8 cm³/mol. The molecule has 7 heteroatoms. The number of carbonyl (C=O) groups excluding carboxylic acids is 1. The first-order valence-corrected chi connectivity index (χ1v) is 8.62. The number of nitrogens with one attached hydrogen (secondary N) is 1. The van der Waals surface area contributed by atoms with Gasteiger partial charge in [-0.25, -0.2) is 9.59 Å². The Morgan fingerprint density at radius 2 is 2.22 bits per heavy atom. The summed E-state index contributed by atoms with van der Waals surface area (Å²) in [6.07, 6.45) is 0.580. The molecule has 1 aromatic rings. The fraction of sp³-hybridized carbons (Fsp3) is 0.625. The van der Waals surface area contributed by atoms with E-state index in [0.717, 1.165) is 13.0 Å². The summed E-state index contributed by atoms with van der Waals surface area (Å²) in [6, 6.07) is 2.07. The van der Waals surface area contributed by atoms with E-state index < -0.39 is 23.2 Å². The van der Waals surface area contributed by atoms with Crippen LogP contribution in [0.3, 0.4) is 0 Å². The summed E-state index contributed by atoms with van der Waals surface area (Å²) >= 11 is 1.65. The van der Waals surface area contributed by atoms with Gasteiger partial charge in [0.1, 0.15) is 5.60 Å². The van der Waals surface area contributed by atoms with E-state index in [1.807, 2.05) is 5.38 Å². The number of hydrogen-bond acceptors (Lipinski definition) is 5. The van der Waals surface area contributed by atoms with Gasteiger partial charge >= 0.3 is 12.1 Å². The van der Waals surface area contributed by atoms with Crippen LogP contribution in [0.4, 0.5) is 4.79 Å². The van der Waals surface area contributed by atoms with Crippen molar-refractivity contribution in [3.8, 4) is 0 Å². The minimum Gasteiger partial charge on any atom is -0.479 e. The number of nitrogens with zero attached hydrogens (tertiary/aromatic N) is 1. The first-order valence-electron chi connectivity index (χ1n) is 7.68. The molecule has 0 radical (unpaired) electrons. The molecule has 1 aromatic heterocycles. The Morgan fingerprint density at radius 1 is 1.48 bits per heavy atom. The number of amides is 1. The summed E-state index contributed by atoms with van der Waals surface area (Å²) in [7, 11) is 0. The van der Waals surface area contributed by atoms with Crippen LogP contribution in [-0.4, -0.2) is 52.8 Å². The molecule has 1 saturated heterocycles. The van der Waals surface area contributed by atoms with Crippen molar-refractivity contribution in [3.05, 3.63) is 22.4 Å². The topological polar surface area (TPSA) is 78.9 Å². The molecule has 1 unspecified atom stereocenters. The Kier molecular flexibility index (Phi) is 5.31. The van der Waals surface area contributed by atoms with Crippen LogP contribution in [0, 0.1) is 0 Å². The number of alkyl carbamates (subject to hydrolysis) is 1. The van der Waals surface area contributed by atoms with E-state index >= 15 is 0 Å². The van der Waals surface area contributed by atoms with Crippen molar-refractivity contribution < 1.29 is 19.4 Å². The lowest BCUT2D eigenvalue weighted by Crippen LogP contribution is -2.57. The van der Waals surface area contributed by atoms with Gasteiger partial charge in [0.15, 0.2) is 5.54 Å². The number of likely N-dealkylation sites (tertiary alicyclic amines) is 1. The average Bonchev–Trinajstić information content (AvgIpc) is 3.03. The second-order valence-electron chi connectivity index (χ2n) is 6.92. The maximum Gasteiger partial charge on any atom is 0.408 e. The molecule has 1 aliphatic rings. The third kappa shape index (κ3) is 4.94. The first-order chi connectivity index (χ1) is 10.7. The van der Waals surface area contributed by atoms with Crippen molar-refractivity contribution in [2.45, 2.75) is 44.8 Å². The highest BCUT2D eigenvalue weighted by Crippen LogP contribution is 2.23. The van der Waals surface area contributed by atoms with Gasteiger partial charge in [0, 0.05) is 19.6 Å². The van der Waals surface area contributed by atoms with Crippen LogP contribution in [0.5, 0.6) is 0 Å². The van der Waals surface area contributed by atoms with Crippen molar-refractivity contribution >= 4 is 23.4 Å². The van der Waals surface area contributed by atoms with E-state index in [-0.39, 0.29) is 0 Å². The standard InChI is InChI=1S/C16H24N2O4S/c1-15(2,3)22-14(21)17-16(13(19)20)6-8-18(11-16)7-4-12-5-9-23-10-12/h5,9-10H,4,6-8,11H2,1-3H3,(H,17,21)(H,19,20). The number of aliphatic carboxylic acids is 1. The monoisotopic (exact) mass is 340 g/mol. The minimum atomic E-state index is -1.27. The molecule has 23 heavy (non-hydrogen) atoms. The number of carboxylic acids is 1. The zero-order valence-corrected chi connectivity index (χ0v) is 14.6. The highest BCUT2D eigenvalue weighted by molar-refractivity contribution is 7.07. The molecule has 1 fully saturated rings. The lowest BCUT2D eigenvalue weighted by molar-refractivity contribution is -0.144. The number of carboxylic acid groups (broad SMARTS) is 1. The molecule has 0 saturated carbocycles. The molecule has 2 heterocycles. The fourth-order valence-electron chi connectivity index (χ4n) is 2.63. The van der Waals surface area contributed by atoms with Crippen LogP contribution in [-0.2, 0) is 16.0 Å². The minimum absolute atomic E-state index is 0.297. The van der Waals surface area contributed by atoms with Crippen molar-refractivity contribution in [1.29, 1.82) is 0 Å². The lowest BCUT2D eigenvalue weighted by atomic mass is 9.99. The van der Waals surface area contributed by atoms with Gasteiger partial charge in [0.2, 0.25) is 0 Å². The molecule has 1 aliphatic heterocycles. The zero-order chi connectivity index (χ0) is 17.1. The summed E-state index contributed by atoms with van der Waals surface area (Å²) in [4.78, 5) is 25.7. The van der Waals surface area contributed by atoms with Gasteiger partial charge < -0.3 is 15.2 Å². The van der Waals surface area contributed by atoms with Crippen LogP contribution in [0.15, 0.2) is 16.8 Å². The zero-order valence-electron chi connectivity index (χ0n) is 13.8. The molecular formula is C16H24N2O4S. The quantitative estimate of drug-likeness (QED) is 0.860. The van der Waals surface area contributed by atoms with Gasteiger partial charge in [-0.2, -0.15) is 11.3 Å². The Balaban J connectivity index is 1.94. The second kappa shape index (κ2) is 6.88. The van der Waals surface area contributed by atoms with Crippen LogP contribution in [0.1, 0.15) is 32.8 Å². The van der Waals surface area contributed by atoms with Gasteiger partial charge in [-0.15, -0.1) is 0 Å². The Hall–Kier alpha value is -1.60.